The summed E-state index contributed by atoms with van der Waals surface area (Å²) in [4.78, 5) is 2.28. The van der Waals surface area contributed by atoms with Gasteiger partial charge in [-0.25, -0.2) is 0 Å². The maximum atomic E-state index is 5.93. The molecule has 0 bridgehead atoms. The van der Waals surface area contributed by atoms with Crippen LogP contribution >= 0.6 is 0 Å². The van der Waals surface area contributed by atoms with E-state index in [-0.39, 0.29) is 11.8 Å². The van der Waals surface area contributed by atoms with Gasteiger partial charge in [-0.15, -0.1) is 0 Å². The normalized spacial score (nSPS) is 22.1. The van der Waals surface area contributed by atoms with E-state index in [1.807, 2.05) is 0 Å². The third-order valence-electron chi connectivity index (χ3n) is 3.89. The van der Waals surface area contributed by atoms with Gasteiger partial charge in [0.2, 0.25) is 0 Å². The third kappa shape index (κ3) is 3.17. The molecule has 5 nitrogen and oxygen atoms in total. The molecule has 17 heavy (non-hydrogen) atoms. The highest BCUT2D eigenvalue weighted by Gasteiger charge is 2.41. The molecule has 1 unspecified atom stereocenters. The maximum Gasteiger partial charge on any atom is 0.176 e. The topological polar surface area (TPSA) is 57.0 Å². The number of methoxy groups -OCH3 is 2. The Kier molecular flexibility index (Phi) is 5.82. The standard InChI is InChI=1S/C12H26N2O3/c1-12(9-13,11(15-3)16-4)14(2)10-5-7-17-8-6-10/h10-11H,5-9,13H2,1-4H3. The first-order chi connectivity index (χ1) is 8.10. The van der Waals surface area contributed by atoms with Crippen molar-refractivity contribution in [2.45, 2.75) is 37.6 Å². The molecule has 1 rings (SSSR count). The molecule has 1 fully saturated rings. The molecule has 0 aromatic rings. The van der Waals surface area contributed by atoms with Crippen molar-refractivity contribution >= 4 is 0 Å². The molecular formula is C12H26N2O3. The van der Waals surface area contributed by atoms with Crippen LogP contribution in [0.4, 0.5) is 0 Å². The number of hydrogen-bond donors (Lipinski definition) is 1. The zero-order chi connectivity index (χ0) is 12.9. The molecule has 0 spiro atoms. The molecule has 1 saturated heterocycles. The zero-order valence-corrected chi connectivity index (χ0v) is 11.4. The van der Waals surface area contributed by atoms with Crippen molar-refractivity contribution in [3.05, 3.63) is 0 Å². The summed E-state index contributed by atoms with van der Waals surface area (Å²) in [6.45, 7) is 4.22. The van der Waals surface area contributed by atoms with Crippen molar-refractivity contribution in [1.82, 2.24) is 4.90 Å². The lowest BCUT2D eigenvalue weighted by Crippen LogP contribution is -2.62. The van der Waals surface area contributed by atoms with Crippen LogP contribution < -0.4 is 5.73 Å². The third-order valence-corrected chi connectivity index (χ3v) is 3.89. The molecule has 102 valence electrons. The van der Waals surface area contributed by atoms with E-state index in [0.717, 1.165) is 26.1 Å². The molecule has 1 heterocycles. The molecule has 0 aromatic heterocycles. The van der Waals surface area contributed by atoms with Gasteiger partial charge < -0.3 is 19.9 Å². The molecule has 1 aliphatic heterocycles. The van der Waals surface area contributed by atoms with Crippen LogP contribution in [0.15, 0.2) is 0 Å². The summed E-state index contributed by atoms with van der Waals surface area (Å²) in [7, 11) is 5.40. The molecule has 5 heteroatoms. The predicted octanol–water partition coefficient (Wildman–Crippen LogP) is 0.434. The first-order valence-electron chi connectivity index (χ1n) is 6.16. The summed E-state index contributed by atoms with van der Waals surface area (Å²) in [5.74, 6) is 0. The lowest BCUT2D eigenvalue weighted by atomic mass is 9.94. The number of hydrogen-bond acceptors (Lipinski definition) is 5. The van der Waals surface area contributed by atoms with E-state index >= 15 is 0 Å². The van der Waals surface area contributed by atoms with Gasteiger partial charge in [-0.3, -0.25) is 4.90 Å². The van der Waals surface area contributed by atoms with Crippen LogP contribution in [-0.4, -0.2) is 63.8 Å². The van der Waals surface area contributed by atoms with E-state index in [0.29, 0.717) is 12.6 Å². The highest BCUT2D eigenvalue weighted by Crippen LogP contribution is 2.26. The minimum absolute atomic E-state index is 0.314. The summed E-state index contributed by atoms with van der Waals surface area (Å²) in [6.07, 6.45) is 1.75. The van der Waals surface area contributed by atoms with Gasteiger partial charge in [-0.1, -0.05) is 0 Å². The minimum atomic E-state index is -0.319. The second-order valence-electron chi connectivity index (χ2n) is 4.82. The molecule has 2 N–H and O–H groups in total. The Balaban J connectivity index is 2.75. The fourth-order valence-corrected chi connectivity index (χ4v) is 2.50. The van der Waals surface area contributed by atoms with Crippen LogP contribution in [0.1, 0.15) is 19.8 Å². The largest absolute Gasteiger partial charge is 0.381 e. The summed E-state index contributed by atoms with van der Waals surface area (Å²) in [5.41, 5.74) is 5.62. The van der Waals surface area contributed by atoms with Crippen molar-refractivity contribution in [2.24, 2.45) is 5.73 Å². The summed E-state index contributed by atoms with van der Waals surface area (Å²) in [6, 6.07) is 0.477. The second kappa shape index (κ2) is 6.66. The molecular weight excluding hydrogens is 220 g/mol. The Bertz CT molecular complexity index is 218. The summed E-state index contributed by atoms with van der Waals surface area (Å²) < 4.78 is 16.2. The molecule has 1 atom stereocenters. The smallest absolute Gasteiger partial charge is 0.176 e. The second-order valence-corrected chi connectivity index (χ2v) is 4.82. The quantitative estimate of drug-likeness (QED) is 0.689. The lowest BCUT2D eigenvalue weighted by molar-refractivity contribution is -0.187. The van der Waals surface area contributed by atoms with E-state index in [1.54, 1.807) is 14.2 Å². The van der Waals surface area contributed by atoms with Gasteiger partial charge >= 0.3 is 0 Å². The van der Waals surface area contributed by atoms with Gasteiger partial charge in [0.15, 0.2) is 6.29 Å². The van der Waals surface area contributed by atoms with Crippen LogP contribution in [0.3, 0.4) is 0 Å². The van der Waals surface area contributed by atoms with Crippen molar-refractivity contribution in [1.29, 1.82) is 0 Å². The molecule has 0 amide bonds. The molecule has 0 aromatic carbocycles. The number of nitrogens with two attached hydrogens (primary N) is 1. The molecule has 0 saturated carbocycles. The Labute approximate surface area is 104 Å². The van der Waals surface area contributed by atoms with Gasteiger partial charge in [0, 0.05) is 40.0 Å². The fourth-order valence-electron chi connectivity index (χ4n) is 2.50. The predicted molar refractivity (Wildman–Crippen MR) is 66.9 cm³/mol. The van der Waals surface area contributed by atoms with Crippen LogP contribution in [0.5, 0.6) is 0 Å². The SMILES string of the molecule is COC(OC)C(C)(CN)N(C)C1CCOCC1. The van der Waals surface area contributed by atoms with Gasteiger partial charge in [0.05, 0.1) is 5.54 Å². The minimum Gasteiger partial charge on any atom is -0.381 e. The summed E-state index contributed by atoms with van der Waals surface area (Å²) >= 11 is 0. The number of nitrogens with zero attached hydrogens (tertiary/aromatic N) is 1. The monoisotopic (exact) mass is 246 g/mol. The lowest BCUT2D eigenvalue weighted by Gasteiger charge is -2.47. The van der Waals surface area contributed by atoms with Gasteiger partial charge in [0.1, 0.15) is 0 Å². The first kappa shape index (κ1) is 14.9. The molecule has 0 aliphatic carbocycles. The fraction of sp³-hybridized carbons (Fsp3) is 1.00. The molecule has 0 radical (unpaired) electrons. The van der Waals surface area contributed by atoms with Crippen molar-refractivity contribution < 1.29 is 14.2 Å². The number of likely N-dealkylation sites (N-methyl/N-ethyl adjacent to an activating group) is 1. The summed E-state index contributed by atoms with van der Waals surface area (Å²) in [5, 5.41) is 0. The van der Waals surface area contributed by atoms with Gasteiger partial charge in [-0.2, -0.15) is 0 Å². The van der Waals surface area contributed by atoms with Crippen molar-refractivity contribution in [3.8, 4) is 0 Å². The number of ether oxygens (including phenoxy) is 3. The maximum absolute atomic E-state index is 5.93. The van der Waals surface area contributed by atoms with Gasteiger partial charge in [-0.05, 0) is 26.8 Å². The average molecular weight is 246 g/mol. The Morgan fingerprint density at radius 2 is 1.88 bits per heavy atom. The van der Waals surface area contributed by atoms with E-state index in [9.17, 15) is 0 Å². The number of rotatable bonds is 6. The van der Waals surface area contributed by atoms with Crippen LogP contribution in [0, 0.1) is 0 Å². The van der Waals surface area contributed by atoms with Crippen molar-refractivity contribution in [3.63, 3.8) is 0 Å². The highest BCUT2D eigenvalue weighted by atomic mass is 16.7. The van der Waals surface area contributed by atoms with Crippen LogP contribution in [0.25, 0.3) is 0 Å². The van der Waals surface area contributed by atoms with Gasteiger partial charge in [0.25, 0.3) is 0 Å². The van der Waals surface area contributed by atoms with E-state index in [4.69, 9.17) is 19.9 Å². The Morgan fingerprint density at radius 1 is 1.35 bits per heavy atom. The Hall–Kier alpha value is -0.200. The van der Waals surface area contributed by atoms with E-state index in [1.165, 1.54) is 0 Å². The van der Waals surface area contributed by atoms with Crippen LogP contribution in [-0.2, 0) is 14.2 Å². The van der Waals surface area contributed by atoms with E-state index in [2.05, 4.69) is 18.9 Å². The Morgan fingerprint density at radius 3 is 2.29 bits per heavy atom. The average Bonchev–Trinajstić information content (AvgIpc) is 2.39. The van der Waals surface area contributed by atoms with E-state index < -0.39 is 0 Å². The highest BCUT2D eigenvalue weighted by molar-refractivity contribution is 4.93. The van der Waals surface area contributed by atoms with Crippen molar-refractivity contribution in [2.75, 3.05) is 41.0 Å². The first-order valence-corrected chi connectivity index (χ1v) is 6.16. The zero-order valence-electron chi connectivity index (χ0n) is 11.4. The van der Waals surface area contributed by atoms with Crippen LogP contribution in [0.2, 0.25) is 0 Å². The molecule has 1 aliphatic rings.